The van der Waals surface area contributed by atoms with E-state index in [2.05, 4.69) is 17.1 Å². The first-order valence-corrected chi connectivity index (χ1v) is 8.00. The lowest BCUT2D eigenvalue weighted by atomic mass is 10.1. The van der Waals surface area contributed by atoms with E-state index in [1.807, 2.05) is 12.1 Å². The van der Waals surface area contributed by atoms with Crippen molar-refractivity contribution in [3.05, 3.63) is 28.3 Å². The highest BCUT2D eigenvalue weighted by molar-refractivity contribution is 6.30. The fraction of sp³-hybridized carbons (Fsp3) is 0.625. The van der Waals surface area contributed by atoms with Crippen molar-refractivity contribution in [1.29, 1.82) is 0 Å². The van der Waals surface area contributed by atoms with Gasteiger partial charge in [0.15, 0.2) is 0 Å². The molecule has 2 aliphatic heterocycles. The predicted molar refractivity (Wildman–Crippen MR) is 82.6 cm³/mol. The zero-order chi connectivity index (χ0) is 13.9. The summed E-state index contributed by atoms with van der Waals surface area (Å²) < 4.78 is 5.74. The SMILES string of the molecule is CC(CN1CCCC1)NCc1cc(Cl)cc2c1OCC2. The molecule has 0 bridgehead atoms. The number of nitrogens with zero attached hydrogens (tertiary/aromatic N) is 1. The molecule has 20 heavy (non-hydrogen) atoms. The third-order valence-corrected chi connectivity index (χ3v) is 4.42. The molecule has 1 aromatic rings. The summed E-state index contributed by atoms with van der Waals surface area (Å²) in [5.74, 6) is 1.05. The summed E-state index contributed by atoms with van der Waals surface area (Å²) in [5.41, 5.74) is 2.44. The average Bonchev–Trinajstić information content (AvgIpc) is 3.06. The van der Waals surface area contributed by atoms with Crippen molar-refractivity contribution in [2.24, 2.45) is 0 Å². The van der Waals surface area contributed by atoms with Gasteiger partial charge in [0.05, 0.1) is 6.61 Å². The maximum Gasteiger partial charge on any atom is 0.127 e. The minimum atomic E-state index is 0.490. The number of benzene rings is 1. The number of halogens is 1. The third-order valence-electron chi connectivity index (χ3n) is 4.20. The molecule has 2 heterocycles. The van der Waals surface area contributed by atoms with Gasteiger partial charge in [-0.25, -0.2) is 0 Å². The Morgan fingerprint density at radius 3 is 2.95 bits per heavy atom. The zero-order valence-corrected chi connectivity index (χ0v) is 12.9. The third kappa shape index (κ3) is 3.27. The average molecular weight is 295 g/mol. The molecule has 1 atom stereocenters. The summed E-state index contributed by atoms with van der Waals surface area (Å²) in [5, 5.41) is 4.42. The minimum Gasteiger partial charge on any atom is -0.493 e. The maximum absolute atomic E-state index is 6.19. The van der Waals surface area contributed by atoms with Crippen molar-refractivity contribution in [3.63, 3.8) is 0 Å². The first kappa shape index (κ1) is 14.2. The monoisotopic (exact) mass is 294 g/mol. The molecule has 1 aromatic carbocycles. The molecular weight excluding hydrogens is 272 g/mol. The Bertz CT molecular complexity index is 472. The topological polar surface area (TPSA) is 24.5 Å². The summed E-state index contributed by atoms with van der Waals surface area (Å²) in [6.45, 7) is 7.50. The summed E-state index contributed by atoms with van der Waals surface area (Å²) >= 11 is 6.19. The number of fused-ring (bicyclic) bond motifs is 1. The van der Waals surface area contributed by atoms with Gasteiger partial charge >= 0.3 is 0 Å². The second kappa shape index (κ2) is 6.33. The molecule has 4 heteroatoms. The maximum atomic E-state index is 6.19. The van der Waals surface area contributed by atoms with Gasteiger partial charge in [-0.15, -0.1) is 0 Å². The smallest absolute Gasteiger partial charge is 0.127 e. The van der Waals surface area contributed by atoms with Crippen LogP contribution in [0, 0.1) is 0 Å². The standard InChI is InChI=1S/C16H23ClN2O/c1-12(11-19-5-2-3-6-19)18-10-14-9-15(17)8-13-4-7-20-16(13)14/h8-9,12,18H,2-7,10-11H2,1H3. The van der Waals surface area contributed by atoms with Gasteiger partial charge in [0.1, 0.15) is 5.75 Å². The molecule has 0 spiro atoms. The van der Waals surface area contributed by atoms with Crippen molar-refractivity contribution < 1.29 is 4.74 Å². The number of ether oxygens (including phenoxy) is 1. The van der Waals surface area contributed by atoms with Gasteiger partial charge in [-0.3, -0.25) is 0 Å². The van der Waals surface area contributed by atoms with Crippen LogP contribution in [-0.2, 0) is 13.0 Å². The lowest BCUT2D eigenvalue weighted by Gasteiger charge is -2.21. The molecule has 110 valence electrons. The fourth-order valence-electron chi connectivity index (χ4n) is 3.18. The molecular formula is C16H23ClN2O. The first-order valence-electron chi connectivity index (χ1n) is 7.62. The quantitative estimate of drug-likeness (QED) is 0.904. The van der Waals surface area contributed by atoms with E-state index in [4.69, 9.17) is 16.3 Å². The van der Waals surface area contributed by atoms with Crippen LogP contribution < -0.4 is 10.1 Å². The molecule has 3 rings (SSSR count). The van der Waals surface area contributed by atoms with Gasteiger partial charge in [0.25, 0.3) is 0 Å². The molecule has 1 unspecified atom stereocenters. The Morgan fingerprint density at radius 2 is 2.15 bits per heavy atom. The minimum absolute atomic E-state index is 0.490. The normalized spacial score (nSPS) is 19.9. The van der Waals surface area contributed by atoms with E-state index in [9.17, 15) is 0 Å². The Kier molecular flexibility index (Phi) is 4.49. The molecule has 1 saturated heterocycles. The van der Waals surface area contributed by atoms with Gasteiger partial charge in [-0.05, 0) is 50.6 Å². The molecule has 0 aliphatic carbocycles. The van der Waals surface area contributed by atoms with Crippen LogP contribution >= 0.6 is 11.6 Å². The van der Waals surface area contributed by atoms with E-state index in [1.165, 1.54) is 37.1 Å². The summed E-state index contributed by atoms with van der Waals surface area (Å²) in [7, 11) is 0. The molecule has 0 aromatic heterocycles. The highest BCUT2D eigenvalue weighted by atomic mass is 35.5. The van der Waals surface area contributed by atoms with Crippen molar-refractivity contribution >= 4 is 11.6 Å². The van der Waals surface area contributed by atoms with Crippen LogP contribution in [0.1, 0.15) is 30.9 Å². The second-order valence-corrected chi connectivity index (χ2v) is 6.38. The highest BCUT2D eigenvalue weighted by Gasteiger charge is 2.19. The van der Waals surface area contributed by atoms with Crippen LogP contribution in [0.25, 0.3) is 0 Å². The summed E-state index contributed by atoms with van der Waals surface area (Å²) in [6, 6.07) is 4.55. The van der Waals surface area contributed by atoms with Crippen LogP contribution in [0.5, 0.6) is 5.75 Å². The van der Waals surface area contributed by atoms with E-state index >= 15 is 0 Å². The Morgan fingerprint density at radius 1 is 1.35 bits per heavy atom. The van der Waals surface area contributed by atoms with E-state index < -0.39 is 0 Å². The zero-order valence-electron chi connectivity index (χ0n) is 12.1. The van der Waals surface area contributed by atoms with Gasteiger partial charge < -0.3 is 15.0 Å². The van der Waals surface area contributed by atoms with E-state index in [0.29, 0.717) is 6.04 Å². The number of rotatable bonds is 5. The molecule has 0 radical (unpaired) electrons. The number of likely N-dealkylation sites (tertiary alicyclic amines) is 1. The van der Waals surface area contributed by atoms with Crippen LogP contribution in [0.4, 0.5) is 0 Å². The lowest BCUT2D eigenvalue weighted by molar-refractivity contribution is 0.297. The molecule has 0 saturated carbocycles. The van der Waals surface area contributed by atoms with Gasteiger partial charge in [-0.1, -0.05) is 11.6 Å². The second-order valence-electron chi connectivity index (χ2n) is 5.94. The van der Waals surface area contributed by atoms with Gasteiger partial charge in [0.2, 0.25) is 0 Å². The molecule has 2 aliphatic rings. The number of nitrogens with one attached hydrogen (secondary N) is 1. The van der Waals surface area contributed by atoms with Crippen LogP contribution in [0.15, 0.2) is 12.1 Å². The van der Waals surface area contributed by atoms with Crippen LogP contribution in [-0.4, -0.2) is 37.2 Å². The van der Waals surface area contributed by atoms with E-state index in [-0.39, 0.29) is 0 Å². The summed E-state index contributed by atoms with van der Waals surface area (Å²) in [4.78, 5) is 2.54. The molecule has 0 amide bonds. The van der Waals surface area contributed by atoms with Crippen molar-refractivity contribution in [2.75, 3.05) is 26.2 Å². The highest BCUT2D eigenvalue weighted by Crippen LogP contribution is 2.32. The largest absolute Gasteiger partial charge is 0.493 e. The molecule has 1 N–H and O–H groups in total. The fourth-order valence-corrected chi connectivity index (χ4v) is 3.44. The number of hydrogen-bond donors (Lipinski definition) is 1. The van der Waals surface area contributed by atoms with Gasteiger partial charge in [-0.2, -0.15) is 0 Å². The van der Waals surface area contributed by atoms with Gasteiger partial charge in [0, 0.05) is 36.1 Å². The van der Waals surface area contributed by atoms with Crippen molar-refractivity contribution in [1.82, 2.24) is 10.2 Å². The van der Waals surface area contributed by atoms with E-state index in [1.54, 1.807) is 0 Å². The lowest BCUT2D eigenvalue weighted by Crippen LogP contribution is -2.37. The Labute approximate surface area is 126 Å². The number of hydrogen-bond acceptors (Lipinski definition) is 3. The Balaban J connectivity index is 1.58. The molecule has 1 fully saturated rings. The van der Waals surface area contributed by atoms with Crippen molar-refractivity contribution in [3.8, 4) is 5.75 Å². The summed E-state index contributed by atoms with van der Waals surface area (Å²) in [6.07, 6.45) is 3.68. The first-order chi connectivity index (χ1) is 9.72. The van der Waals surface area contributed by atoms with Crippen molar-refractivity contribution in [2.45, 2.75) is 38.8 Å². The van der Waals surface area contributed by atoms with Crippen LogP contribution in [0.2, 0.25) is 5.02 Å². The predicted octanol–water partition coefficient (Wildman–Crippen LogP) is 2.85. The van der Waals surface area contributed by atoms with E-state index in [0.717, 1.165) is 36.9 Å². The Hall–Kier alpha value is -0.770. The molecule has 3 nitrogen and oxygen atoms in total. The van der Waals surface area contributed by atoms with Crippen LogP contribution in [0.3, 0.4) is 0 Å².